The Labute approximate surface area is 127 Å². The quantitative estimate of drug-likeness (QED) is 0.372. The average molecular weight is 297 g/mol. The van der Waals surface area contributed by atoms with Crippen LogP contribution in [0, 0.1) is 0 Å². The number of hydrogen-bond acceptors (Lipinski definition) is 4. The number of hydrogen-bond donors (Lipinski definition) is 0. The van der Waals surface area contributed by atoms with Gasteiger partial charge in [-0.25, -0.2) is 9.59 Å². The second kappa shape index (κ2) is 10.2. The number of carbonyl (C=O) groups excluding carboxylic acids is 2. The third-order valence-corrected chi connectivity index (χ3v) is 3.58. The van der Waals surface area contributed by atoms with Crippen molar-refractivity contribution in [1.29, 1.82) is 0 Å². The lowest BCUT2D eigenvalue weighted by Gasteiger charge is -2.22. The van der Waals surface area contributed by atoms with Crippen LogP contribution < -0.4 is 0 Å². The van der Waals surface area contributed by atoms with Crippen LogP contribution >= 0.6 is 0 Å². The first-order valence-corrected chi connectivity index (χ1v) is 7.91. The van der Waals surface area contributed by atoms with Gasteiger partial charge in [-0.1, -0.05) is 45.3 Å². The maximum Gasteiger partial charge on any atom is 0.410 e. The van der Waals surface area contributed by atoms with Crippen molar-refractivity contribution in [1.82, 2.24) is 4.90 Å². The predicted octanol–water partition coefficient (Wildman–Crippen LogP) is 3.29. The number of ether oxygens (including phenoxy) is 2. The molecule has 120 valence electrons. The van der Waals surface area contributed by atoms with Crippen LogP contribution in [-0.4, -0.2) is 42.8 Å². The molecular formula is C16H27NO4. The third-order valence-electron chi connectivity index (χ3n) is 3.58. The van der Waals surface area contributed by atoms with E-state index in [2.05, 4.69) is 13.5 Å². The molecule has 0 saturated carbocycles. The highest BCUT2D eigenvalue weighted by atomic mass is 16.6. The van der Waals surface area contributed by atoms with Crippen molar-refractivity contribution >= 4 is 12.1 Å². The molecule has 1 aliphatic rings. The molecule has 21 heavy (non-hydrogen) atoms. The van der Waals surface area contributed by atoms with Crippen molar-refractivity contribution < 1.29 is 19.1 Å². The number of nitrogens with zero attached hydrogens (tertiary/aromatic N) is 1. The van der Waals surface area contributed by atoms with Gasteiger partial charge in [0.25, 0.3) is 0 Å². The van der Waals surface area contributed by atoms with Gasteiger partial charge in [-0.3, -0.25) is 4.90 Å². The monoisotopic (exact) mass is 297 g/mol. The van der Waals surface area contributed by atoms with E-state index < -0.39 is 12.1 Å². The fraction of sp³-hybridized carbons (Fsp3) is 0.750. The highest BCUT2D eigenvalue weighted by Crippen LogP contribution is 2.19. The van der Waals surface area contributed by atoms with Gasteiger partial charge in [0.15, 0.2) is 0 Å². The number of carbonyl (C=O) groups is 2. The summed E-state index contributed by atoms with van der Waals surface area (Å²) in [6.07, 6.45) is 8.07. The molecule has 5 heteroatoms. The minimum absolute atomic E-state index is 0.161. The zero-order chi connectivity index (χ0) is 15.5. The molecule has 1 saturated heterocycles. The van der Waals surface area contributed by atoms with E-state index in [0.717, 1.165) is 19.3 Å². The lowest BCUT2D eigenvalue weighted by molar-refractivity contribution is -0.148. The summed E-state index contributed by atoms with van der Waals surface area (Å²) in [5, 5.41) is 0. The van der Waals surface area contributed by atoms with Gasteiger partial charge in [0.1, 0.15) is 12.6 Å². The van der Waals surface area contributed by atoms with Crippen LogP contribution in [0.5, 0.6) is 0 Å². The fourth-order valence-electron chi connectivity index (χ4n) is 2.42. The SMILES string of the molecule is C=CCOC(=O)N1CCCC1C(=O)OCCCCCCC. The molecule has 1 amide bonds. The summed E-state index contributed by atoms with van der Waals surface area (Å²) < 4.78 is 10.3. The zero-order valence-corrected chi connectivity index (χ0v) is 13.0. The van der Waals surface area contributed by atoms with Gasteiger partial charge in [-0.05, 0) is 19.3 Å². The second-order valence-electron chi connectivity index (χ2n) is 5.30. The molecule has 1 rings (SSSR count). The summed E-state index contributed by atoms with van der Waals surface area (Å²) in [5.41, 5.74) is 0. The number of esters is 1. The molecule has 0 N–H and O–H groups in total. The molecule has 0 aliphatic carbocycles. The largest absolute Gasteiger partial charge is 0.464 e. The first kappa shape index (κ1) is 17.5. The van der Waals surface area contributed by atoms with E-state index in [0.29, 0.717) is 19.6 Å². The van der Waals surface area contributed by atoms with Crippen molar-refractivity contribution in [2.75, 3.05) is 19.8 Å². The molecule has 0 spiro atoms. The molecule has 1 aliphatic heterocycles. The van der Waals surface area contributed by atoms with Crippen LogP contribution in [0.15, 0.2) is 12.7 Å². The minimum Gasteiger partial charge on any atom is -0.464 e. The van der Waals surface area contributed by atoms with E-state index in [9.17, 15) is 9.59 Å². The predicted molar refractivity (Wildman–Crippen MR) is 81.0 cm³/mol. The minimum atomic E-state index is -0.488. The summed E-state index contributed by atoms with van der Waals surface area (Å²) in [6, 6.07) is -0.488. The highest BCUT2D eigenvalue weighted by molar-refractivity contribution is 5.82. The van der Waals surface area contributed by atoms with Gasteiger partial charge >= 0.3 is 12.1 Å². The van der Waals surface area contributed by atoms with Crippen molar-refractivity contribution in [2.24, 2.45) is 0 Å². The molecule has 1 atom stereocenters. The third kappa shape index (κ3) is 6.19. The maximum atomic E-state index is 12.0. The molecule has 1 unspecified atom stereocenters. The molecule has 5 nitrogen and oxygen atoms in total. The summed E-state index contributed by atoms with van der Waals surface area (Å²) in [5.74, 6) is -0.307. The van der Waals surface area contributed by atoms with Crippen LogP contribution in [0.1, 0.15) is 51.9 Å². The van der Waals surface area contributed by atoms with Crippen molar-refractivity contribution in [3.8, 4) is 0 Å². The van der Waals surface area contributed by atoms with E-state index >= 15 is 0 Å². The Hall–Kier alpha value is -1.52. The molecule has 1 fully saturated rings. The number of amides is 1. The summed E-state index contributed by atoms with van der Waals surface area (Å²) >= 11 is 0. The zero-order valence-electron chi connectivity index (χ0n) is 13.0. The van der Waals surface area contributed by atoms with Crippen LogP contribution in [0.3, 0.4) is 0 Å². The summed E-state index contributed by atoms with van der Waals surface area (Å²) in [6.45, 7) is 6.81. The fourth-order valence-corrected chi connectivity index (χ4v) is 2.42. The molecule has 1 heterocycles. The van der Waals surface area contributed by atoms with Gasteiger partial charge in [0.05, 0.1) is 6.61 Å². The van der Waals surface area contributed by atoms with Gasteiger partial charge in [0.2, 0.25) is 0 Å². The Morgan fingerprint density at radius 2 is 2.00 bits per heavy atom. The van der Waals surface area contributed by atoms with Crippen molar-refractivity contribution in [2.45, 2.75) is 57.9 Å². The number of rotatable bonds is 9. The standard InChI is InChI=1S/C16H27NO4/c1-3-5-6-7-8-13-20-15(18)14-10-9-11-17(14)16(19)21-12-4-2/h4,14H,2-3,5-13H2,1H3. The van der Waals surface area contributed by atoms with E-state index in [1.165, 1.54) is 30.2 Å². The van der Waals surface area contributed by atoms with E-state index in [1.54, 1.807) is 0 Å². The van der Waals surface area contributed by atoms with Gasteiger partial charge in [-0.2, -0.15) is 0 Å². The number of likely N-dealkylation sites (tertiary alicyclic amines) is 1. The van der Waals surface area contributed by atoms with Gasteiger partial charge < -0.3 is 9.47 Å². The maximum absolute atomic E-state index is 12.0. The Bertz CT molecular complexity index is 343. The first-order chi connectivity index (χ1) is 10.2. The molecule has 0 aromatic carbocycles. The summed E-state index contributed by atoms with van der Waals surface area (Å²) in [4.78, 5) is 25.3. The Morgan fingerprint density at radius 3 is 2.71 bits per heavy atom. The van der Waals surface area contributed by atoms with Crippen molar-refractivity contribution in [3.05, 3.63) is 12.7 Å². The lowest BCUT2D eigenvalue weighted by atomic mass is 10.2. The van der Waals surface area contributed by atoms with E-state index in [4.69, 9.17) is 9.47 Å². The van der Waals surface area contributed by atoms with Gasteiger partial charge in [0, 0.05) is 6.54 Å². The second-order valence-corrected chi connectivity index (χ2v) is 5.30. The Kier molecular flexibility index (Phi) is 8.55. The van der Waals surface area contributed by atoms with Crippen LogP contribution in [0.4, 0.5) is 4.79 Å². The molecular weight excluding hydrogens is 270 g/mol. The summed E-state index contributed by atoms with van der Waals surface area (Å²) in [7, 11) is 0. The molecule has 0 aromatic rings. The van der Waals surface area contributed by atoms with Gasteiger partial charge in [-0.15, -0.1) is 0 Å². The van der Waals surface area contributed by atoms with Crippen LogP contribution in [-0.2, 0) is 14.3 Å². The van der Waals surface area contributed by atoms with Crippen molar-refractivity contribution in [3.63, 3.8) is 0 Å². The first-order valence-electron chi connectivity index (χ1n) is 7.91. The van der Waals surface area contributed by atoms with E-state index in [-0.39, 0.29) is 12.6 Å². The Morgan fingerprint density at radius 1 is 1.24 bits per heavy atom. The topological polar surface area (TPSA) is 55.8 Å². The van der Waals surface area contributed by atoms with Crippen LogP contribution in [0.25, 0.3) is 0 Å². The van der Waals surface area contributed by atoms with Crippen LogP contribution in [0.2, 0.25) is 0 Å². The normalized spacial score (nSPS) is 17.6. The Balaban J connectivity index is 2.28. The average Bonchev–Trinajstić information content (AvgIpc) is 2.97. The lowest BCUT2D eigenvalue weighted by Crippen LogP contribution is -2.41. The highest BCUT2D eigenvalue weighted by Gasteiger charge is 2.36. The molecule has 0 radical (unpaired) electrons. The number of unbranched alkanes of at least 4 members (excludes halogenated alkanes) is 4. The molecule has 0 aromatic heterocycles. The van der Waals surface area contributed by atoms with E-state index in [1.807, 2.05) is 0 Å². The molecule has 0 bridgehead atoms. The smallest absolute Gasteiger partial charge is 0.410 e.